The van der Waals surface area contributed by atoms with Crippen molar-refractivity contribution in [2.75, 3.05) is 7.11 Å². The van der Waals surface area contributed by atoms with E-state index in [0.717, 1.165) is 0 Å². The molecule has 4 nitrogen and oxygen atoms in total. The predicted molar refractivity (Wildman–Crippen MR) is 45.2 cm³/mol. The second-order valence-corrected chi connectivity index (χ2v) is 2.43. The van der Waals surface area contributed by atoms with Crippen LogP contribution in [0.5, 0.6) is 11.5 Å². The normalized spacial score (nSPS) is 11.8. The molecule has 0 fully saturated rings. The Labute approximate surface area is 75.6 Å². The summed E-state index contributed by atoms with van der Waals surface area (Å²) < 4.78 is 4.81. The molecule has 68 valence electrons. The van der Waals surface area contributed by atoms with Crippen LogP contribution in [0.15, 0.2) is 18.2 Å². The van der Waals surface area contributed by atoms with Crippen molar-refractivity contribution in [1.82, 2.24) is 0 Å². The standard InChI is InChI=1S/C9H9NO3/c1-13-8-4-2-3-6(9(8)12)7(11)5-10/h2-4,7,11-12H,1H3. The maximum atomic E-state index is 9.45. The molecule has 0 aliphatic heterocycles. The van der Waals surface area contributed by atoms with E-state index in [-0.39, 0.29) is 17.1 Å². The molecular formula is C9H9NO3. The lowest BCUT2D eigenvalue weighted by Gasteiger charge is -2.08. The number of para-hydroxylation sites is 1. The number of aliphatic hydroxyl groups is 1. The van der Waals surface area contributed by atoms with Crippen molar-refractivity contribution in [3.8, 4) is 17.6 Å². The smallest absolute Gasteiger partial charge is 0.169 e. The second-order valence-electron chi connectivity index (χ2n) is 2.43. The van der Waals surface area contributed by atoms with Crippen molar-refractivity contribution in [1.29, 1.82) is 5.26 Å². The van der Waals surface area contributed by atoms with Crippen LogP contribution in [0.25, 0.3) is 0 Å². The van der Waals surface area contributed by atoms with Crippen molar-refractivity contribution < 1.29 is 14.9 Å². The first-order chi connectivity index (χ1) is 6.20. The van der Waals surface area contributed by atoms with E-state index in [0.29, 0.717) is 0 Å². The Morgan fingerprint density at radius 2 is 2.23 bits per heavy atom. The van der Waals surface area contributed by atoms with Crippen molar-refractivity contribution in [3.05, 3.63) is 23.8 Å². The van der Waals surface area contributed by atoms with Crippen LogP contribution >= 0.6 is 0 Å². The lowest BCUT2D eigenvalue weighted by atomic mass is 10.1. The van der Waals surface area contributed by atoms with Crippen molar-refractivity contribution in [3.63, 3.8) is 0 Å². The van der Waals surface area contributed by atoms with E-state index in [1.807, 2.05) is 0 Å². The molecule has 1 atom stereocenters. The molecule has 0 aromatic heterocycles. The highest BCUT2D eigenvalue weighted by molar-refractivity contribution is 5.47. The van der Waals surface area contributed by atoms with Gasteiger partial charge in [0.15, 0.2) is 17.6 Å². The summed E-state index contributed by atoms with van der Waals surface area (Å²) in [5.41, 5.74) is 0.154. The molecule has 1 aromatic carbocycles. The maximum Gasteiger partial charge on any atom is 0.169 e. The molecule has 13 heavy (non-hydrogen) atoms. The van der Waals surface area contributed by atoms with Gasteiger partial charge in [0.05, 0.1) is 13.2 Å². The summed E-state index contributed by atoms with van der Waals surface area (Å²) in [6.45, 7) is 0. The third kappa shape index (κ3) is 1.71. The number of hydrogen-bond acceptors (Lipinski definition) is 4. The molecule has 0 amide bonds. The SMILES string of the molecule is COc1cccc(C(O)C#N)c1O. The quantitative estimate of drug-likeness (QED) is 0.663. The molecule has 1 unspecified atom stereocenters. The first kappa shape index (κ1) is 9.36. The average molecular weight is 179 g/mol. The lowest BCUT2D eigenvalue weighted by molar-refractivity contribution is 0.229. The Kier molecular flexibility index (Phi) is 2.72. The van der Waals surface area contributed by atoms with E-state index in [1.165, 1.54) is 13.2 Å². The number of benzene rings is 1. The Bertz CT molecular complexity index is 343. The molecular weight excluding hydrogens is 170 g/mol. The van der Waals surface area contributed by atoms with E-state index >= 15 is 0 Å². The van der Waals surface area contributed by atoms with Crippen molar-refractivity contribution in [2.24, 2.45) is 0 Å². The minimum atomic E-state index is -1.32. The van der Waals surface area contributed by atoms with Gasteiger partial charge in [-0.25, -0.2) is 0 Å². The summed E-state index contributed by atoms with van der Waals surface area (Å²) >= 11 is 0. The molecule has 0 aliphatic rings. The molecule has 1 rings (SSSR count). The number of rotatable bonds is 2. The largest absolute Gasteiger partial charge is 0.504 e. The van der Waals surface area contributed by atoms with Gasteiger partial charge in [-0.05, 0) is 6.07 Å². The molecule has 4 heteroatoms. The lowest BCUT2D eigenvalue weighted by Crippen LogP contribution is -1.95. The molecule has 0 spiro atoms. The predicted octanol–water partition coefficient (Wildman–Crippen LogP) is 0.958. The summed E-state index contributed by atoms with van der Waals surface area (Å²) in [6.07, 6.45) is -1.32. The van der Waals surface area contributed by atoms with Gasteiger partial charge in [0.25, 0.3) is 0 Å². The number of hydrogen-bond donors (Lipinski definition) is 2. The highest BCUT2D eigenvalue weighted by Gasteiger charge is 2.13. The van der Waals surface area contributed by atoms with Gasteiger partial charge in [0.2, 0.25) is 0 Å². The van der Waals surface area contributed by atoms with E-state index in [1.54, 1.807) is 18.2 Å². The molecule has 0 aliphatic carbocycles. The molecule has 0 saturated heterocycles. The van der Waals surface area contributed by atoms with Gasteiger partial charge < -0.3 is 14.9 Å². The summed E-state index contributed by atoms with van der Waals surface area (Å²) in [5.74, 6) is 0.0471. The van der Waals surface area contributed by atoms with Crippen LogP contribution in [0.4, 0.5) is 0 Å². The van der Waals surface area contributed by atoms with Gasteiger partial charge in [0.1, 0.15) is 0 Å². The average Bonchev–Trinajstić information content (AvgIpc) is 2.17. The number of aliphatic hydroxyl groups excluding tert-OH is 1. The Morgan fingerprint density at radius 3 is 2.77 bits per heavy atom. The monoisotopic (exact) mass is 179 g/mol. The third-order valence-corrected chi connectivity index (χ3v) is 1.67. The summed E-state index contributed by atoms with van der Waals surface area (Å²) in [6, 6.07) is 6.21. The Hall–Kier alpha value is -1.73. The highest BCUT2D eigenvalue weighted by Crippen LogP contribution is 2.32. The second kappa shape index (κ2) is 3.78. The zero-order valence-corrected chi connectivity index (χ0v) is 7.06. The zero-order valence-electron chi connectivity index (χ0n) is 7.06. The molecule has 0 saturated carbocycles. The van der Waals surface area contributed by atoms with Gasteiger partial charge in [-0.3, -0.25) is 0 Å². The van der Waals surface area contributed by atoms with Crippen LogP contribution in [-0.4, -0.2) is 17.3 Å². The number of phenols is 1. The fraction of sp³-hybridized carbons (Fsp3) is 0.222. The number of phenolic OH excluding ortho intramolecular Hbond substituents is 1. The molecule has 0 bridgehead atoms. The van der Waals surface area contributed by atoms with Crippen LogP contribution in [0.2, 0.25) is 0 Å². The van der Waals surface area contributed by atoms with Gasteiger partial charge in [0, 0.05) is 5.56 Å². The van der Waals surface area contributed by atoms with Crippen molar-refractivity contribution in [2.45, 2.75) is 6.10 Å². The van der Waals surface area contributed by atoms with Gasteiger partial charge >= 0.3 is 0 Å². The number of nitrogens with zero attached hydrogens (tertiary/aromatic N) is 1. The van der Waals surface area contributed by atoms with Gasteiger partial charge in [-0.1, -0.05) is 12.1 Å². The van der Waals surface area contributed by atoms with E-state index in [9.17, 15) is 5.11 Å². The summed E-state index contributed by atoms with van der Waals surface area (Å²) in [7, 11) is 1.40. The van der Waals surface area contributed by atoms with Gasteiger partial charge in [-0.15, -0.1) is 0 Å². The number of nitriles is 1. The summed E-state index contributed by atoms with van der Waals surface area (Å²) in [5, 5.41) is 27.0. The minimum absolute atomic E-state index is 0.154. The van der Waals surface area contributed by atoms with Crippen LogP contribution in [0.1, 0.15) is 11.7 Å². The van der Waals surface area contributed by atoms with Crippen molar-refractivity contribution >= 4 is 0 Å². The Balaban J connectivity index is 3.17. The zero-order chi connectivity index (χ0) is 9.84. The third-order valence-electron chi connectivity index (χ3n) is 1.67. The van der Waals surface area contributed by atoms with Crippen LogP contribution in [-0.2, 0) is 0 Å². The number of methoxy groups -OCH3 is 1. The fourth-order valence-electron chi connectivity index (χ4n) is 0.994. The van der Waals surface area contributed by atoms with Crippen LogP contribution in [0, 0.1) is 11.3 Å². The molecule has 0 radical (unpaired) electrons. The topological polar surface area (TPSA) is 73.5 Å². The minimum Gasteiger partial charge on any atom is -0.504 e. The first-order valence-electron chi connectivity index (χ1n) is 3.64. The molecule has 0 heterocycles. The fourth-order valence-corrected chi connectivity index (χ4v) is 0.994. The van der Waals surface area contributed by atoms with E-state index < -0.39 is 6.10 Å². The first-order valence-corrected chi connectivity index (χ1v) is 3.64. The van der Waals surface area contributed by atoms with Gasteiger partial charge in [-0.2, -0.15) is 5.26 Å². The molecule has 1 aromatic rings. The molecule has 2 N–H and O–H groups in total. The van der Waals surface area contributed by atoms with Crippen LogP contribution in [0.3, 0.4) is 0 Å². The number of ether oxygens (including phenoxy) is 1. The van der Waals surface area contributed by atoms with E-state index in [2.05, 4.69) is 0 Å². The van der Waals surface area contributed by atoms with E-state index in [4.69, 9.17) is 15.1 Å². The van der Waals surface area contributed by atoms with Crippen LogP contribution < -0.4 is 4.74 Å². The summed E-state index contributed by atoms with van der Waals surface area (Å²) in [4.78, 5) is 0. The Morgan fingerprint density at radius 1 is 1.54 bits per heavy atom. The maximum absolute atomic E-state index is 9.45. The number of aromatic hydroxyl groups is 1. The highest BCUT2D eigenvalue weighted by atomic mass is 16.5.